The Kier molecular flexibility index (Phi) is 4.88. The molecule has 1 amide bonds. The summed E-state index contributed by atoms with van der Waals surface area (Å²) in [5.74, 6) is -0.514. The summed E-state index contributed by atoms with van der Waals surface area (Å²) in [6, 6.07) is 13.1. The van der Waals surface area contributed by atoms with Gasteiger partial charge in [-0.1, -0.05) is 37.3 Å². The third-order valence-corrected chi connectivity index (χ3v) is 5.19. The van der Waals surface area contributed by atoms with Gasteiger partial charge in [0.2, 0.25) is 5.91 Å². The van der Waals surface area contributed by atoms with E-state index in [0.29, 0.717) is 11.9 Å². The lowest BCUT2D eigenvalue weighted by atomic mass is 10.1. The van der Waals surface area contributed by atoms with Crippen molar-refractivity contribution in [2.75, 3.05) is 0 Å². The van der Waals surface area contributed by atoms with Gasteiger partial charge in [-0.15, -0.1) is 0 Å². The van der Waals surface area contributed by atoms with Crippen molar-refractivity contribution >= 4 is 27.7 Å². The number of fused-ring (bicyclic) bond motifs is 3. The number of carbonyl (C=O) groups is 1. The van der Waals surface area contributed by atoms with E-state index in [1.165, 1.54) is 16.8 Å². The SMILES string of the molecule is CC[C@H](C(=O)NCc1ccc(F)cc1)n1c2ccccc2c2cnn(C)c(=O)c21. The number of carbonyl (C=O) groups excluding carboxylic acids is 1. The zero-order valence-corrected chi connectivity index (χ0v) is 16.2. The summed E-state index contributed by atoms with van der Waals surface area (Å²) in [5, 5.41) is 8.67. The van der Waals surface area contributed by atoms with Crippen molar-refractivity contribution in [2.45, 2.75) is 25.9 Å². The first-order valence-corrected chi connectivity index (χ1v) is 9.48. The van der Waals surface area contributed by atoms with Crippen LogP contribution >= 0.6 is 0 Å². The number of nitrogens with zero attached hydrogens (tertiary/aromatic N) is 3. The van der Waals surface area contributed by atoms with Crippen molar-refractivity contribution in [2.24, 2.45) is 7.05 Å². The molecule has 0 radical (unpaired) electrons. The lowest BCUT2D eigenvalue weighted by Gasteiger charge is -2.19. The first-order chi connectivity index (χ1) is 14.0. The fraction of sp³-hybridized carbons (Fsp3) is 0.227. The van der Waals surface area contributed by atoms with Gasteiger partial charge in [0.05, 0.1) is 11.7 Å². The maximum Gasteiger partial charge on any atom is 0.291 e. The van der Waals surface area contributed by atoms with Gasteiger partial charge in [-0.2, -0.15) is 5.10 Å². The highest BCUT2D eigenvalue weighted by Crippen LogP contribution is 2.30. The second kappa shape index (κ2) is 7.50. The molecule has 2 aromatic carbocycles. The number of para-hydroxylation sites is 1. The van der Waals surface area contributed by atoms with E-state index in [1.807, 2.05) is 35.8 Å². The van der Waals surface area contributed by atoms with Crippen LogP contribution in [0.15, 0.2) is 59.5 Å². The lowest BCUT2D eigenvalue weighted by Crippen LogP contribution is -2.33. The predicted molar refractivity (Wildman–Crippen MR) is 110 cm³/mol. The van der Waals surface area contributed by atoms with Crippen LogP contribution in [0.1, 0.15) is 24.9 Å². The standard InChI is InChI=1S/C22H21FN4O2/c1-3-18(21(28)24-12-14-8-10-15(23)11-9-14)27-19-7-5-4-6-16(19)17-13-25-26(2)22(29)20(17)27/h4-11,13,18H,3,12H2,1-2H3,(H,24,28)/t18-/m1/s1. The van der Waals surface area contributed by atoms with Crippen LogP contribution in [0.25, 0.3) is 21.8 Å². The summed E-state index contributed by atoms with van der Waals surface area (Å²) >= 11 is 0. The van der Waals surface area contributed by atoms with Gasteiger partial charge in [0, 0.05) is 24.4 Å². The van der Waals surface area contributed by atoms with E-state index < -0.39 is 6.04 Å². The molecule has 4 aromatic rings. The Morgan fingerprint density at radius 2 is 1.86 bits per heavy atom. The van der Waals surface area contributed by atoms with Gasteiger partial charge >= 0.3 is 0 Å². The first-order valence-electron chi connectivity index (χ1n) is 9.48. The second-order valence-corrected chi connectivity index (χ2v) is 6.99. The van der Waals surface area contributed by atoms with Crippen molar-refractivity contribution in [3.8, 4) is 0 Å². The second-order valence-electron chi connectivity index (χ2n) is 6.99. The van der Waals surface area contributed by atoms with Crippen LogP contribution in [0.4, 0.5) is 4.39 Å². The average molecular weight is 392 g/mol. The normalized spacial score (nSPS) is 12.4. The minimum absolute atomic E-state index is 0.196. The Labute approximate surface area is 166 Å². The Hall–Kier alpha value is -3.48. The smallest absolute Gasteiger partial charge is 0.291 e. The highest BCUT2D eigenvalue weighted by atomic mass is 19.1. The van der Waals surface area contributed by atoms with Gasteiger partial charge in [-0.25, -0.2) is 9.07 Å². The van der Waals surface area contributed by atoms with Gasteiger partial charge in [0.15, 0.2) is 0 Å². The number of rotatable bonds is 5. The van der Waals surface area contributed by atoms with Crippen molar-refractivity contribution in [1.82, 2.24) is 19.7 Å². The van der Waals surface area contributed by atoms with Crippen molar-refractivity contribution in [3.63, 3.8) is 0 Å². The van der Waals surface area contributed by atoms with Crippen LogP contribution in [0.5, 0.6) is 0 Å². The van der Waals surface area contributed by atoms with Crippen molar-refractivity contribution < 1.29 is 9.18 Å². The average Bonchev–Trinajstić information content (AvgIpc) is 3.06. The molecule has 0 aliphatic rings. The van der Waals surface area contributed by atoms with Crippen molar-refractivity contribution in [1.29, 1.82) is 0 Å². The molecule has 148 valence electrons. The topological polar surface area (TPSA) is 68.9 Å². The number of aromatic nitrogens is 3. The lowest BCUT2D eigenvalue weighted by molar-refractivity contribution is -0.124. The summed E-state index contributed by atoms with van der Waals surface area (Å²) < 4.78 is 16.2. The molecule has 0 aliphatic carbocycles. The van der Waals surface area contributed by atoms with Crippen LogP contribution in [0.2, 0.25) is 0 Å². The zero-order chi connectivity index (χ0) is 20.5. The van der Waals surface area contributed by atoms with Gasteiger partial charge in [0.25, 0.3) is 5.56 Å². The summed E-state index contributed by atoms with van der Waals surface area (Å²) in [6.07, 6.45) is 2.17. The van der Waals surface area contributed by atoms with E-state index in [4.69, 9.17) is 0 Å². The Morgan fingerprint density at radius 3 is 2.59 bits per heavy atom. The molecule has 0 saturated carbocycles. The fourth-order valence-corrected chi connectivity index (χ4v) is 3.71. The third-order valence-electron chi connectivity index (χ3n) is 5.19. The molecule has 6 nitrogen and oxygen atoms in total. The highest BCUT2D eigenvalue weighted by molar-refractivity contribution is 6.08. The Morgan fingerprint density at radius 1 is 1.14 bits per heavy atom. The number of hydrogen-bond donors (Lipinski definition) is 1. The van der Waals surface area contributed by atoms with Crippen LogP contribution in [-0.2, 0) is 18.4 Å². The predicted octanol–water partition coefficient (Wildman–Crippen LogP) is 3.29. The van der Waals surface area contributed by atoms with E-state index >= 15 is 0 Å². The number of halogens is 1. The largest absolute Gasteiger partial charge is 0.350 e. The van der Waals surface area contributed by atoms with E-state index in [-0.39, 0.29) is 23.8 Å². The van der Waals surface area contributed by atoms with E-state index in [9.17, 15) is 14.0 Å². The molecule has 0 fully saturated rings. The molecule has 7 heteroatoms. The molecule has 4 rings (SSSR count). The monoisotopic (exact) mass is 392 g/mol. The third kappa shape index (κ3) is 3.29. The van der Waals surface area contributed by atoms with E-state index in [2.05, 4.69) is 10.4 Å². The van der Waals surface area contributed by atoms with Crippen LogP contribution in [-0.4, -0.2) is 20.3 Å². The molecule has 0 spiro atoms. The van der Waals surface area contributed by atoms with Crippen LogP contribution in [0.3, 0.4) is 0 Å². The molecule has 0 unspecified atom stereocenters. The summed E-state index contributed by atoms with van der Waals surface area (Å²) in [6.45, 7) is 2.20. The number of amides is 1. The van der Waals surface area contributed by atoms with E-state index in [1.54, 1.807) is 25.4 Å². The van der Waals surface area contributed by atoms with Gasteiger partial charge in [0.1, 0.15) is 17.4 Å². The Balaban J connectivity index is 1.78. The molecular weight excluding hydrogens is 371 g/mol. The molecule has 0 saturated heterocycles. The molecule has 1 N–H and O–H groups in total. The maximum absolute atomic E-state index is 13.1. The van der Waals surface area contributed by atoms with Gasteiger partial charge in [-0.05, 0) is 30.2 Å². The maximum atomic E-state index is 13.1. The molecule has 29 heavy (non-hydrogen) atoms. The molecule has 0 bridgehead atoms. The molecule has 0 aliphatic heterocycles. The quantitative estimate of drug-likeness (QED) is 0.567. The first kappa shape index (κ1) is 18.9. The summed E-state index contributed by atoms with van der Waals surface area (Å²) in [4.78, 5) is 26.0. The minimum Gasteiger partial charge on any atom is -0.350 e. The van der Waals surface area contributed by atoms with Crippen molar-refractivity contribution in [3.05, 3.63) is 76.5 Å². The number of aryl methyl sites for hydroxylation is 1. The van der Waals surface area contributed by atoms with Crippen LogP contribution < -0.4 is 10.9 Å². The molecule has 2 aromatic heterocycles. The Bertz CT molecular complexity index is 1260. The summed E-state index contributed by atoms with van der Waals surface area (Å²) in [5.41, 5.74) is 1.84. The minimum atomic E-state index is -0.562. The zero-order valence-electron chi connectivity index (χ0n) is 16.2. The fourth-order valence-electron chi connectivity index (χ4n) is 3.71. The van der Waals surface area contributed by atoms with Gasteiger partial charge in [-0.3, -0.25) is 9.59 Å². The molecular formula is C22H21FN4O2. The highest BCUT2D eigenvalue weighted by Gasteiger charge is 2.25. The van der Waals surface area contributed by atoms with E-state index in [0.717, 1.165) is 21.9 Å². The molecule has 1 atom stereocenters. The van der Waals surface area contributed by atoms with Gasteiger partial charge < -0.3 is 9.88 Å². The molecule has 2 heterocycles. The number of nitrogens with one attached hydrogen (secondary N) is 1. The number of benzene rings is 2. The summed E-state index contributed by atoms with van der Waals surface area (Å²) in [7, 11) is 1.60. The number of hydrogen-bond acceptors (Lipinski definition) is 3. The van der Waals surface area contributed by atoms with Crippen LogP contribution in [0, 0.1) is 5.82 Å².